The van der Waals surface area contributed by atoms with Crippen LogP contribution < -0.4 is 0 Å². The molecule has 4 heteroatoms. The lowest BCUT2D eigenvalue weighted by Gasteiger charge is -2.40. The number of halogens is 1. The third-order valence-corrected chi connectivity index (χ3v) is 4.24. The van der Waals surface area contributed by atoms with E-state index >= 15 is 0 Å². The average Bonchev–Trinajstić information content (AvgIpc) is 2.54. The summed E-state index contributed by atoms with van der Waals surface area (Å²) in [4.78, 5) is 13.6. The van der Waals surface area contributed by atoms with E-state index in [9.17, 15) is 14.3 Å². The molecule has 0 saturated carbocycles. The van der Waals surface area contributed by atoms with Crippen molar-refractivity contribution in [3.05, 3.63) is 48.0 Å². The molecule has 21 heavy (non-hydrogen) atoms. The van der Waals surface area contributed by atoms with Crippen molar-refractivity contribution in [1.82, 2.24) is 4.90 Å². The Hall–Kier alpha value is -1.68. The van der Waals surface area contributed by atoms with Crippen LogP contribution in [0.25, 0.3) is 0 Å². The molecule has 0 unspecified atom stereocenters. The van der Waals surface area contributed by atoms with Gasteiger partial charge in [-0.25, -0.2) is 4.39 Å². The second-order valence-electron chi connectivity index (χ2n) is 5.70. The zero-order valence-electron chi connectivity index (χ0n) is 12.2. The summed E-state index contributed by atoms with van der Waals surface area (Å²) in [6, 6.07) is 10.1. The minimum Gasteiger partial charge on any atom is -0.396 e. The molecule has 1 aromatic carbocycles. The lowest BCUT2D eigenvalue weighted by molar-refractivity contribution is -0.128. The van der Waals surface area contributed by atoms with Crippen LogP contribution in [0, 0.1) is 5.41 Å². The lowest BCUT2D eigenvalue weighted by atomic mass is 9.74. The number of hydrogen-bond acceptors (Lipinski definition) is 2. The van der Waals surface area contributed by atoms with Gasteiger partial charge in [-0.1, -0.05) is 30.3 Å². The van der Waals surface area contributed by atoms with Crippen molar-refractivity contribution in [3.63, 3.8) is 0 Å². The highest BCUT2D eigenvalue weighted by atomic mass is 19.1. The van der Waals surface area contributed by atoms with Crippen molar-refractivity contribution in [2.24, 2.45) is 5.41 Å². The van der Waals surface area contributed by atoms with Gasteiger partial charge in [0.25, 0.3) is 0 Å². The molecule has 0 atom stereocenters. The molecule has 0 spiro atoms. The Balaban J connectivity index is 1.96. The Kier molecular flexibility index (Phi) is 5.51. The van der Waals surface area contributed by atoms with E-state index in [4.69, 9.17) is 0 Å². The number of hydrogen-bond donors (Lipinski definition) is 1. The van der Waals surface area contributed by atoms with Gasteiger partial charge in [0, 0.05) is 31.2 Å². The molecule has 0 aliphatic carbocycles. The van der Waals surface area contributed by atoms with E-state index in [-0.39, 0.29) is 17.9 Å². The third kappa shape index (κ3) is 4.14. The second-order valence-corrected chi connectivity index (χ2v) is 5.70. The standard InChI is InChI=1S/C17H22FNO2/c18-10-4-7-16(21)19-11-8-17(14-20,9-12-19)13-15-5-2-1-3-6-15/h1-7,20H,8-14H2/b7-4+. The molecule has 1 heterocycles. The molecule has 0 radical (unpaired) electrons. The number of alkyl halides is 1. The molecule has 1 fully saturated rings. The van der Waals surface area contributed by atoms with Crippen molar-refractivity contribution in [3.8, 4) is 0 Å². The minimum atomic E-state index is -0.617. The minimum absolute atomic E-state index is 0.129. The molecule has 3 nitrogen and oxygen atoms in total. The maximum absolute atomic E-state index is 12.1. The first-order chi connectivity index (χ1) is 10.2. The van der Waals surface area contributed by atoms with E-state index in [1.807, 2.05) is 18.2 Å². The number of benzene rings is 1. The number of aliphatic hydroxyl groups is 1. The van der Waals surface area contributed by atoms with Gasteiger partial charge in [0.15, 0.2) is 0 Å². The Bertz CT molecular complexity index is 479. The maximum atomic E-state index is 12.1. The quantitative estimate of drug-likeness (QED) is 0.846. The molecule has 0 aromatic heterocycles. The van der Waals surface area contributed by atoms with Crippen LogP contribution in [0.3, 0.4) is 0 Å². The van der Waals surface area contributed by atoms with Gasteiger partial charge in [0.05, 0.1) is 0 Å². The Morgan fingerprint density at radius 2 is 1.95 bits per heavy atom. The molecule has 1 saturated heterocycles. The van der Waals surface area contributed by atoms with Crippen molar-refractivity contribution in [2.75, 3.05) is 26.4 Å². The summed E-state index contributed by atoms with van der Waals surface area (Å²) < 4.78 is 12.1. The SMILES string of the molecule is O=C(/C=C/CF)N1CCC(CO)(Cc2ccccc2)CC1. The number of aliphatic hydroxyl groups excluding tert-OH is 1. The largest absolute Gasteiger partial charge is 0.396 e. The Morgan fingerprint density at radius 3 is 2.52 bits per heavy atom. The van der Waals surface area contributed by atoms with Crippen LogP contribution in [0.15, 0.2) is 42.5 Å². The van der Waals surface area contributed by atoms with Crippen LogP contribution in [-0.2, 0) is 11.2 Å². The summed E-state index contributed by atoms with van der Waals surface area (Å²) in [7, 11) is 0. The van der Waals surface area contributed by atoms with Gasteiger partial charge in [0.1, 0.15) is 6.67 Å². The first-order valence-corrected chi connectivity index (χ1v) is 7.35. The van der Waals surface area contributed by atoms with Gasteiger partial charge in [-0.15, -0.1) is 0 Å². The number of likely N-dealkylation sites (tertiary alicyclic amines) is 1. The average molecular weight is 291 g/mol. The van der Waals surface area contributed by atoms with E-state index in [0.717, 1.165) is 19.3 Å². The van der Waals surface area contributed by atoms with E-state index in [2.05, 4.69) is 12.1 Å². The number of nitrogens with zero attached hydrogens (tertiary/aromatic N) is 1. The fourth-order valence-electron chi connectivity index (χ4n) is 2.87. The van der Waals surface area contributed by atoms with E-state index in [1.54, 1.807) is 4.90 Å². The zero-order chi connectivity index (χ0) is 15.1. The molecule has 1 N–H and O–H groups in total. The molecule has 1 aliphatic heterocycles. The number of amides is 1. The Morgan fingerprint density at radius 1 is 1.29 bits per heavy atom. The third-order valence-electron chi connectivity index (χ3n) is 4.24. The topological polar surface area (TPSA) is 40.5 Å². The smallest absolute Gasteiger partial charge is 0.246 e. The molecule has 1 amide bonds. The monoisotopic (exact) mass is 291 g/mol. The van der Waals surface area contributed by atoms with Crippen LogP contribution in [-0.4, -0.2) is 42.3 Å². The van der Waals surface area contributed by atoms with E-state index in [1.165, 1.54) is 17.7 Å². The second kappa shape index (κ2) is 7.36. The van der Waals surface area contributed by atoms with Crippen LogP contribution in [0.2, 0.25) is 0 Å². The summed E-state index contributed by atoms with van der Waals surface area (Å²) in [5.41, 5.74) is 1.06. The van der Waals surface area contributed by atoms with Crippen molar-refractivity contribution < 1.29 is 14.3 Å². The molecule has 1 aromatic rings. The maximum Gasteiger partial charge on any atom is 0.246 e. The number of carbonyl (C=O) groups is 1. The molecular formula is C17H22FNO2. The summed E-state index contributed by atoms with van der Waals surface area (Å²) >= 11 is 0. The van der Waals surface area contributed by atoms with Gasteiger partial charge in [-0.05, 0) is 30.9 Å². The van der Waals surface area contributed by atoms with Gasteiger partial charge < -0.3 is 10.0 Å². The zero-order valence-corrected chi connectivity index (χ0v) is 12.2. The predicted molar refractivity (Wildman–Crippen MR) is 80.6 cm³/mol. The summed E-state index contributed by atoms with van der Waals surface area (Å²) in [6.45, 7) is 0.740. The van der Waals surface area contributed by atoms with Crippen LogP contribution >= 0.6 is 0 Å². The number of rotatable bonds is 5. The molecule has 114 valence electrons. The number of piperidine rings is 1. The normalized spacial score (nSPS) is 18.1. The van der Waals surface area contributed by atoms with Crippen molar-refractivity contribution in [1.29, 1.82) is 0 Å². The first-order valence-electron chi connectivity index (χ1n) is 7.35. The number of carbonyl (C=O) groups excluding carboxylic acids is 1. The van der Waals surface area contributed by atoms with Crippen LogP contribution in [0.5, 0.6) is 0 Å². The van der Waals surface area contributed by atoms with Gasteiger partial charge in [-0.3, -0.25) is 4.79 Å². The summed E-state index contributed by atoms with van der Waals surface area (Å²) in [5.74, 6) is -0.140. The molecule has 2 rings (SSSR count). The fourth-order valence-corrected chi connectivity index (χ4v) is 2.87. The van der Waals surface area contributed by atoms with Crippen LogP contribution in [0.4, 0.5) is 4.39 Å². The summed E-state index contributed by atoms with van der Waals surface area (Å²) in [6.07, 6.45) is 4.90. The molecule has 0 bridgehead atoms. The van der Waals surface area contributed by atoms with Gasteiger partial charge in [-0.2, -0.15) is 0 Å². The molecular weight excluding hydrogens is 269 g/mol. The van der Waals surface area contributed by atoms with E-state index in [0.29, 0.717) is 13.1 Å². The summed E-state index contributed by atoms with van der Waals surface area (Å²) in [5, 5.41) is 9.80. The highest BCUT2D eigenvalue weighted by molar-refractivity contribution is 5.87. The number of allylic oxidation sites excluding steroid dienone is 1. The predicted octanol–water partition coefficient (Wildman–Crippen LogP) is 2.36. The molecule has 1 aliphatic rings. The fraction of sp³-hybridized carbons (Fsp3) is 0.471. The van der Waals surface area contributed by atoms with Crippen LogP contribution in [0.1, 0.15) is 18.4 Å². The first kappa shape index (κ1) is 15.7. The Labute approximate surface area is 125 Å². The van der Waals surface area contributed by atoms with Crippen molar-refractivity contribution in [2.45, 2.75) is 19.3 Å². The van der Waals surface area contributed by atoms with Gasteiger partial charge in [0.2, 0.25) is 5.91 Å². The van der Waals surface area contributed by atoms with E-state index < -0.39 is 6.67 Å². The highest BCUT2D eigenvalue weighted by Gasteiger charge is 2.35. The lowest BCUT2D eigenvalue weighted by Crippen LogP contribution is -2.45. The van der Waals surface area contributed by atoms with Crippen molar-refractivity contribution >= 4 is 5.91 Å². The van der Waals surface area contributed by atoms with Gasteiger partial charge >= 0.3 is 0 Å². The highest BCUT2D eigenvalue weighted by Crippen LogP contribution is 2.34.